The number of ether oxygens (including phenoxy) is 3. The Bertz CT molecular complexity index is 2490. The monoisotopic (exact) mass is 930 g/mol. The number of amides is 1. The summed E-state index contributed by atoms with van der Waals surface area (Å²) in [6.07, 6.45) is 11.4. The van der Waals surface area contributed by atoms with Crippen molar-refractivity contribution < 1.29 is 43.4 Å². The number of rotatable bonds is 21. The molecular weight excluding hydrogens is 868 g/mol. The molecule has 14 heteroatoms. The quantitative estimate of drug-likeness (QED) is 0.0270. The van der Waals surface area contributed by atoms with Gasteiger partial charge in [0.15, 0.2) is 0 Å². The molecule has 1 fully saturated rings. The van der Waals surface area contributed by atoms with Gasteiger partial charge in [0.25, 0.3) is 5.69 Å². The fourth-order valence-electron chi connectivity index (χ4n) is 9.87. The molecule has 1 amide bonds. The number of non-ortho nitro benzene ring substituents is 1. The number of pyridine rings is 1. The summed E-state index contributed by atoms with van der Waals surface area (Å²) in [6, 6.07) is 22.6. The lowest BCUT2D eigenvalue weighted by molar-refractivity contribution is -0.384. The van der Waals surface area contributed by atoms with Gasteiger partial charge in [0.2, 0.25) is 11.7 Å². The average Bonchev–Trinajstić information content (AvgIpc) is 3.32. The molecule has 2 heterocycles. The van der Waals surface area contributed by atoms with Crippen LogP contribution in [0.15, 0.2) is 120 Å². The molecule has 0 bridgehead atoms. The van der Waals surface area contributed by atoms with Crippen molar-refractivity contribution in [3.05, 3.63) is 159 Å². The lowest BCUT2D eigenvalue weighted by Gasteiger charge is -2.60. The van der Waals surface area contributed by atoms with Crippen molar-refractivity contribution in [2.24, 2.45) is 22.9 Å². The molecule has 1 aliphatic heterocycles. The number of unbranched alkanes of at least 4 members (excludes halogenated alkanes) is 2. The number of hydrogen-bond donors (Lipinski definition) is 2. The number of oxime groups is 1. The predicted octanol–water partition coefficient (Wildman–Crippen LogP) is 10.2. The van der Waals surface area contributed by atoms with Crippen LogP contribution < -0.4 is 9.47 Å². The SMILES string of the molecule is C=CCO[C@@]12Oc3ccc(OCc4cccc(C)n4)cc3[C@H]3[C@H](CCCCO)[C@@H](CCCCO)C=C(C(=NOC(C)(C)C)C[C@@H]1N(Cc1ccc(F)cc1)C(=O)C=Cc1ccc([N+](=O)[O-])cc1)[C@H]32. The van der Waals surface area contributed by atoms with Gasteiger partial charge in [0, 0.05) is 61.6 Å². The smallest absolute Gasteiger partial charge is 0.269 e. The molecule has 0 saturated heterocycles. The van der Waals surface area contributed by atoms with Crippen LogP contribution in [0.3, 0.4) is 0 Å². The van der Waals surface area contributed by atoms with Crippen LogP contribution in [0.4, 0.5) is 10.1 Å². The van der Waals surface area contributed by atoms with E-state index < -0.39 is 40.0 Å². The second-order valence-electron chi connectivity index (χ2n) is 18.8. The summed E-state index contributed by atoms with van der Waals surface area (Å²) in [7, 11) is 0. The number of carbonyl (C=O) groups is 1. The standard InChI is InChI=1S/C54H63FN4O9/c1-6-30-66-54-49(58(34-38-16-21-40(55)22-17-38)50(62)27-20-37-18-23-42(24-19-37)59(63)64)33-47(57-68-53(3,4)5)45-31-39(13-7-9-28-60)44(15-8-10-29-61)51(52(45)54)46-32-43(25-26-48(46)67-54)65-35-41-14-11-12-36(2)56-41/h6,11-12,14,16-27,31-32,39,44,49,51-52,60-61H,1,7-10,13,15,28-30,33-35H2,2-5H3/t39-,44+,49-,51+,52+,54+/m0/s1. The summed E-state index contributed by atoms with van der Waals surface area (Å²) < 4.78 is 35.4. The highest BCUT2D eigenvalue weighted by Crippen LogP contribution is 2.62. The Labute approximate surface area is 398 Å². The fraction of sp³-hybridized carbons (Fsp3) is 0.426. The largest absolute Gasteiger partial charge is 0.487 e. The number of carbonyl (C=O) groups excluding carboxylic acids is 1. The van der Waals surface area contributed by atoms with Gasteiger partial charge < -0.3 is 34.2 Å². The maximum absolute atomic E-state index is 15.1. The summed E-state index contributed by atoms with van der Waals surface area (Å²) in [4.78, 5) is 38.7. The Morgan fingerprint density at radius 1 is 1.03 bits per heavy atom. The van der Waals surface area contributed by atoms with E-state index in [0.717, 1.165) is 48.2 Å². The zero-order valence-corrected chi connectivity index (χ0v) is 39.4. The van der Waals surface area contributed by atoms with E-state index in [1.165, 1.54) is 30.3 Å². The molecule has 1 saturated carbocycles. The van der Waals surface area contributed by atoms with Crippen molar-refractivity contribution in [2.45, 2.75) is 109 Å². The van der Waals surface area contributed by atoms with Crippen molar-refractivity contribution in [3.63, 3.8) is 0 Å². The number of fused-ring (bicyclic) bond motifs is 2. The number of hydrogen-bond acceptors (Lipinski definition) is 11. The molecule has 4 aromatic rings. The second-order valence-corrected chi connectivity index (χ2v) is 18.8. The molecule has 0 spiro atoms. The number of nitrogens with zero attached hydrogens (tertiary/aromatic N) is 4. The molecule has 2 aliphatic carbocycles. The molecule has 1 aromatic heterocycles. The lowest BCUT2D eigenvalue weighted by atomic mass is 9.55. The number of benzene rings is 3. The van der Waals surface area contributed by atoms with Gasteiger partial charge in [-0.05, 0) is 143 Å². The number of nitro benzene ring substituents is 1. The van der Waals surface area contributed by atoms with Crippen LogP contribution in [0, 0.1) is 40.6 Å². The van der Waals surface area contributed by atoms with E-state index in [1.807, 2.05) is 64.1 Å². The first kappa shape index (κ1) is 49.7. The number of aliphatic hydroxyl groups is 2. The minimum Gasteiger partial charge on any atom is -0.487 e. The summed E-state index contributed by atoms with van der Waals surface area (Å²) in [5, 5.41) is 36.4. The van der Waals surface area contributed by atoms with E-state index in [0.29, 0.717) is 41.2 Å². The van der Waals surface area contributed by atoms with E-state index in [1.54, 1.807) is 41.3 Å². The molecule has 0 unspecified atom stereocenters. The molecule has 3 aromatic carbocycles. The first-order valence-corrected chi connectivity index (χ1v) is 23.5. The molecular formula is C54H63FN4O9. The number of aryl methyl sites for hydroxylation is 1. The van der Waals surface area contributed by atoms with Crippen molar-refractivity contribution >= 4 is 23.4 Å². The summed E-state index contributed by atoms with van der Waals surface area (Å²) in [6.45, 7) is 12.2. The second kappa shape index (κ2) is 22.3. The van der Waals surface area contributed by atoms with Gasteiger partial charge in [0.1, 0.15) is 35.6 Å². The van der Waals surface area contributed by atoms with Gasteiger partial charge in [0.05, 0.1) is 28.9 Å². The van der Waals surface area contributed by atoms with E-state index in [2.05, 4.69) is 17.6 Å². The first-order valence-electron chi connectivity index (χ1n) is 23.5. The van der Waals surface area contributed by atoms with Crippen LogP contribution in [0.2, 0.25) is 0 Å². The Kier molecular flexibility index (Phi) is 16.3. The van der Waals surface area contributed by atoms with Crippen LogP contribution in [-0.2, 0) is 27.5 Å². The number of aromatic nitrogens is 1. The zero-order valence-electron chi connectivity index (χ0n) is 39.4. The number of halogens is 1. The van der Waals surface area contributed by atoms with E-state index >= 15 is 4.79 Å². The number of allylic oxidation sites excluding steroid dienone is 1. The molecule has 2 N–H and O–H groups in total. The van der Waals surface area contributed by atoms with Gasteiger partial charge in [-0.2, -0.15) is 0 Å². The minimum absolute atomic E-state index is 0.0126. The zero-order chi connectivity index (χ0) is 48.4. The highest BCUT2D eigenvalue weighted by Gasteiger charge is 2.65. The molecule has 6 atom stereocenters. The summed E-state index contributed by atoms with van der Waals surface area (Å²) >= 11 is 0. The van der Waals surface area contributed by atoms with Crippen LogP contribution in [0.5, 0.6) is 11.5 Å². The predicted molar refractivity (Wildman–Crippen MR) is 258 cm³/mol. The average molecular weight is 931 g/mol. The van der Waals surface area contributed by atoms with Crippen LogP contribution in [0.25, 0.3) is 6.08 Å². The van der Waals surface area contributed by atoms with Crippen molar-refractivity contribution in [3.8, 4) is 11.5 Å². The normalized spacial score (nSPS) is 22.4. The molecule has 360 valence electrons. The van der Waals surface area contributed by atoms with Gasteiger partial charge in [-0.1, -0.05) is 48.3 Å². The van der Waals surface area contributed by atoms with Gasteiger partial charge in [-0.25, -0.2) is 4.39 Å². The van der Waals surface area contributed by atoms with Crippen LogP contribution >= 0.6 is 0 Å². The van der Waals surface area contributed by atoms with Crippen LogP contribution in [0.1, 0.15) is 99.7 Å². The van der Waals surface area contributed by atoms with Gasteiger partial charge >= 0.3 is 0 Å². The third-order valence-corrected chi connectivity index (χ3v) is 12.9. The van der Waals surface area contributed by atoms with Gasteiger partial charge in [-0.3, -0.25) is 19.9 Å². The number of nitro groups is 1. The Hall–Kier alpha value is -6.22. The Morgan fingerprint density at radius 2 is 1.76 bits per heavy atom. The number of aliphatic hydroxyl groups excluding tert-OH is 2. The lowest BCUT2D eigenvalue weighted by Crippen LogP contribution is -2.70. The van der Waals surface area contributed by atoms with E-state index in [4.69, 9.17) is 24.2 Å². The van der Waals surface area contributed by atoms with Crippen molar-refractivity contribution in [1.29, 1.82) is 0 Å². The van der Waals surface area contributed by atoms with Crippen molar-refractivity contribution in [1.82, 2.24) is 9.88 Å². The first-order chi connectivity index (χ1) is 32.7. The maximum Gasteiger partial charge on any atom is 0.269 e. The maximum atomic E-state index is 15.1. The topological polar surface area (TPSA) is 166 Å². The fourth-order valence-corrected chi connectivity index (χ4v) is 9.87. The third-order valence-electron chi connectivity index (χ3n) is 12.9. The Morgan fingerprint density at radius 3 is 2.44 bits per heavy atom. The van der Waals surface area contributed by atoms with E-state index in [-0.39, 0.29) is 62.8 Å². The molecule has 68 heavy (non-hydrogen) atoms. The minimum atomic E-state index is -1.56. The molecule has 3 aliphatic rings. The highest BCUT2D eigenvalue weighted by atomic mass is 19.1. The van der Waals surface area contributed by atoms with Crippen molar-refractivity contribution in [2.75, 3.05) is 19.8 Å². The summed E-state index contributed by atoms with van der Waals surface area (Å²) in [5.74, 6) is -2.11. The Balaban J connectivity index is 1.45. The van der Waals surface area contributed by atoms with Gasteiger partial charge in [-0.15, -0.1) is 6.58 Å². The molecule has 0 radical (unpaired) electrons. The third kappa shape index (κ3) is 11.7. The summed E-state index contributed by atoms with van der Waals surface area (Å²) in [5.41, 5.74) is 4.55. The highest BCUT2D eigenvalue weighted by molar-refractivity contribution is 6.03. The van der Waals surface area contributed by atoms with E-state index in [9.17, 15) is 24.7 Å². The molecule has 13 nitrogen and oxygen atoms in total. The van der Waals surface area contributed by atoms with Crippen LogP contribution in [-0.4, -0.2) is 73.9 Å². The molecule has 7 rings (SSSR count).